The number of nitrogens with zero attached hydrogens (tertiary/aromatic N) is 3. The quantitative estimate of drug-likeness (QED) is 0.766. The number of amides is 1. The van der Waals surface area contributed by atoms with Crippen molar-refractivity contribution in [3.8, 4) is 0 Å². The Bertz CT molecular complexity index is 828. The van der Waals surface area contributed by atoms with Crippen molar-refractivity contribution >= 4 is 5.91 Å². The molecule has 0 aromatic carbocycles. The topological polar surface area (TPSA) is 91.0 Å². The van der Waals surface area contributed by atoms with E-state index in [1.54, 1.807) is 12.3 Å². The molecule has 1 aliphatic heterocycles. The van der Waals surface area contributed by atoms with Crippen LogP contribution in [0, 0.1) is 5.92 Å². The Morgan fingerprint density at radius 3 is 2.75 bits per heavy atom. The SMILES string of the molecule is CC(C)Cc1cc(C(=O)NCC(c2cccnc2)N2CCCCC2)nc(=O)[nH]1. The number of H-pyrrole nitrogens is 1. The normalized spacial score (nSPS) is 16.1. The van der Waals surface area contributed by atoms with Gasteiger partial charge in [0.05, 0.1) is 6.04 Å². The summed E-state index contributed by atoms with van der Waals surface area (Å²) >= 11 is 0. The van der Waals surface area contributed by atoms with Gasteiger partial charge in [0.2, 0.25) is 0 Å². The molecule has 1 fully saturated rings. The van der Waals surface area contributed by atoms with Gasteiger partial charge in [-0.2, -0.15) is 4.98 Å². The van der Waals surface area contributed by atoms with Crippen molar-refractivity contribution in [1.29, 1.82) is 0 Å². The fraction of sp³-hybridized carbons (Fsp3) is 0.524. The Kier molecular flexibility index (Phi) is 6.92. The molecule has 7 heteroatoms. The molecule has 1 aliphatic rings. The first-order valence-electron chi connectivity index (χ1n) is 10.1. The van der Waals surface area contributed by atoms with Crippen molar-refractivity contribution in [2.45, 2.75) is 45.6 Å². The summed E-state index contributed by atoms with van der Waals surface area (Å²) in [5.74, 6) is 0.0602. The Morgan fingerprint density at radius 2 is 2.07 bits per heavy atom. The third-order valence-electron chi connectivity index (χ3n) is 5.02. The van der Waals surface area contributed by atoms with Crippen molar-refractivity contribution in [3.63, 3.8) is 0 Å². The monoisotopic (exact) mass is 383 g/mol. The Morgan fingerprint density at radius 1 is 1.29 bits per heavy atom. The highest BCUT2D eigenvalue weighted by molar-refractivity contribution is 5.92. The standard InChI is InChI=1S/C21H29N5O2/c1-15(2)11-17-12-18(25-21(28)24-17)20(27)23-14-19(16-7-6-8-22-13-16)26-9-4-3-5-10-26/h6-8,12-13,15,19H,3-5,9-11,14H2,1-2H3,(H,23,27)(H,24,25,28). The minimum absolute atomic E-state index is 0.0649. The first-order chi connectivity index (χ1) is 13.5. The highest BCUT2D eigenvalue weighted by Gasteiger charge is 2.23. The number of hydrogen-bond donors (Lipinski definition) is 2. The summed E-state index contributed by atoms with van der Waals surface area (Å²) in [6.45, 7) is 6.61. The minimum atomic E-state index is -0.483. The van der Waals surface area contributed by atoms with Crippen LogP contribution in [0.5, 0.6) is 0 Å². The average molecular weight is 383 g/mol. The summed E-state index contributed by atoms with van der Waals surface area (Å²) in [5.41, 5.74) is 1.51. The van der Waals surface area contributed by atoms with Gasteiger partial charge >= 0.3 is 5.69 Å². The summed E-state index contributed by atoms with van der Waals surface area (Å²) in [7, 11) is 0. The molecule has 0 spiro atoms. The summed E-state index contributed by atoms with van der Waals surface area (Å²) in [4.78, 5) is 37.7. The number of carbonyl (C=O) groups excluding carboxylic acids is 1. The molecular weight excluding hydrogens is 354 g/mol. The zero-order valence-electron chi connectivity index (χ0n) is 16.6. The first kappa shape index (κ1) is 20.2. The van der Waals surface area contributed by atoms with E-state index in [9.17, 15) is 9.59 Å². The van der Waals surface area contributed by atoms with Gasteiger partial charge < -0.3 is 10.3 Å². The molecule has 0 saturated carbocycles. The smallest absolute Gasteiger partial charge is 0.345 e. The maximum Gasteiger partial charge on any atom is 0.345 e. The predicted octanol–water partition coefficient (Wildman–Crippen LogP) is 2.32. The van der Waals surface area contributed by atoms with Crippen molar-refractivity contribution in [2.24, 2.45) is 5.92 Å². The lowest BCUT2D eigenvalue weighted by molar-refractivity contribution is 0.0918. The molecule has 0 bridgehead atoms. The lowest BCUT2D eigenvalue weighted by atomic mass is 10.0. The van der Waals surface area contributed by atoms with Gasteiger partial charge in [0.15, 0.2) is 0 Å². The molecule has 1 atom stereocenters. The fourth-order valence-electron chi connectivity index (χ4n) is 3.72. The van der Waals surface area contributed by atoms with E-state index in [1.807, 2.05) is 18.3 Å². The predicted molar refractivity (Wildman–Crippen MR) is 108 cm³/mol. The maximum absolute atomic E-state index is 12.7. The number of aromatic nitrogens is 3. The van der Waals surface area contributed by atoms with Crippen LogP contribution in [0.4, 0.5) is 0 Å². The van der Waals surface area contributed by atoms with Crippen molar-refractivity contribution < 1.29 is 4.79 Å². The molecule has 7 nitrogen and oxygen atoms in total. The summed E-state index contributed by atoms with van der Waals surface area (Å²) in [6.07, 6.45) is 7.89. The number of likely N-dealkylation sites (tertiary alicyclic amines) is 1. The Hall–Kier alpha value is -2.54. The first-order valence-corrected chi connectivity index (χ1v) is 10.1. The average Bonchev–Trinajstić information content (AvgIpc) is 2.68. The van der Waals surface area contributed by atoms with Gasteiger partial charge in [-0.1, -0.05) is 26.3 Å². The number of pyridine rings is 1. The van der Waals surface area contributed by atoms with E-state index < -0.39 is 5.69 Å². The van der Waals surface area contributed by atoms with Crippen LogP contribution in [-0.2, 0) is 6.42 Å². The molecule has 1 saturated heterocycles. The van der Waals surface area contributed by atoms with Crippen LogP contribution in [-0.4, -0.2) is 45.4 Å². The van der Waals surface area contributed by atoms with Gasteiger partial charge in [0.1, 0.15) is 5.69 Å². The number of piperidine rings is 1. The molecule has 3 rings (SSSR count). The van der Waals surface area contributed by atoms with E-state index in [0.29, 0.717) is 18.9 Å². The molecule has 0 aliphatic carbocycles. The summed E-state index contributed by atoms with van der Waals surface area (Å²) < 4.78 is 0. The molecule has 0 radical (unpaired) electrons. The highest BCUT2D eigenvalue weighted by Crippen LogP contribution is 2.23. The van der Waals surface area contributed by atoms with Crippen molar-refractivity contribution in [3.05, 3.63) is 58.0 Å². The number of aromatic amines is 1. The third kappa shape index (κ3) is 5.48. The van der Waals surface area contributed by atoms with Crippen LogP contribution in [0.25, 0.3) is 0 Å². The lowest BCUT2D eigenvalue weighted by Gasteiger charge is -2.34. The van der Waals surface area contributed by atoms with Crippen LogP contribution < -0.4 is 11.0 Å². The molecule has 1 unspecified atom stereocenters. The van der Waals surface area contributed by atoms with E-state index in [4.69, 9.17) is 0 Å². The number of carbonyl (C=O) groups is 1. The van der Waals surface area contributed by atoms with Gasteiger partial charge in [0, 0.05) is 24.6 Å². The van der Waals surface area contributed by atoms with E-state index in [0.717, 1.165) is 24.3 Å². The number of nitrogens with one attached hydrogen (secondary N) is 2. The van der Waals surface area contributed by atoms with E-state index in [-0.39, 0.29) is 17.6 Å². The van der Waals surface area contributed by atoms with Gasteiger partial charge in [-0.25, -0.2) is 4.79 Å². The largest absolute Gasteiger partial charge is 0.349 e. The van der Waals surface area contributed by atoms with E-state index >= 15 is 0 Å². The second kappa shape index (κ2) is 9.59. The van der Waals surface area contributed by atoms with Gasteiger partial charge in [0.25, 0.3) is 5.91 Å². The Labute approximate surface area is 165 Å². The second-order valence-electron chi connectivity index (χ2n) is 7.80. The van der Waals surface area contributed by atoms with Crippen LogP contribution in [0.15, 0.2) is 35.4 Å². The molecule has 3 heterocycles. The molecule has 1 amide bonds. The minimum Gasteiger partial charge on any atom is -0.349 e. The molecule has 2 aromatic heterocycles. The zero-order chi connectivity index (χ0) is 19.9. The van der Waals surface area contributed by atoms with Crippen molar-refractivity contribution in [1.82, 2.24) is 25.2 Å². The lowest BCUT2D eigenvalue weighted by Crippen LogP contribution is -2.41. The highest BCUT2D eigenvalue weighted by atomic mass is 16.2. The van der Waals surface area contributed by atoms with Gasteiger partial charge in [-0.05, 0) is 56.0 Å². The molecule has 28 heavy (non-hydrogen) atoms. The maximum atomic E-state index is 12.7. The fourth-order valence-corrected chi connectivity index (χ4v) is 3.72. The second-order valence-corrected chi connectivity index (χ2v) is 7.80. The van der Waals surface area contributed by atoms with Crippen molar-refractivity contribution in [2.75, 3.05) is 19.6 Å². The Balaban J connectivity index is 1.73. The van der Waals surface area contributed by atoms with Crippen LogP contribution in [0.1, 0.15) is 60.9 Å². The van der Waals surface area contributed by atoms with E-state index in [1.165, 1.54) is 19.3 Å². The third-order valence-corrected chi connectivity index (χ3v) is 5.02. The molecular formula is C21H29N5O2. The zero-order valence-corrected chi connectivity index (χ0v) is 16.6. The summed E-state index contributed by atoms with van der Waals surface area (Å²) in [6, 6.07) is 5.71. The van der Waals surface area contributed by atoms with Crippen LogP contribution in [0.3, 0.4) is 0 Å². The molecule has 2 N–H and O–H groups in total. The molecule has 2 aromatic rings. The number of rotatable bonds is 7. The van der Waals surface area contributed by atoms with Crippen LogP contribution in [0.2, 0.25) is 0 Å². The summed E-state index contributed by atoms with van der Waals surface area (Å²) in [5, 5.41) is 2.98. The van der Waals surface area contributed by atoms with Gasteiger partial charge in [-0.3, -0.25) is 14.7 Å². The number of hydrogen-bond acceptors (Lipinski definition) is 5. The van der Waals surface area contributed by atoms with E-state index in [2.05, 4.69) is 39.0 Å². The van der Waals surface area contributed by atoms with Gasteiger partial charge in [-0.15, -0.1) is 0 Å². The van der Waals surface area contributed by atoms with Crippen LogP contribution >= 0.6 is 0 Å². The molecule has 150 valence electrons.